The highest BCUT2D eigenvalue weighted by atomic mass is 15.3. The molecule has 1 fully saturated rings. The highest BCUT2D eigenvalue weighted by Crippen LogP contribution is 2.24. The van der Waals surface area contributed by atoms with Gasteiger partial charge in [-0.05, 0) is 39.3 Å². The summed E-state index contributed by atoms with van der Waals surface area (Å²) in [5.74, 6) is 2.90. The minimum atomic E-state index is 0.610. The molecule has 1 aliphatic rings. The lowest BCUT2D eigenvalue weighted by molar-refractivity contribution is 0.425. The van der Waals surface area contributed by atoms with Crippen LogP contribution in [-0.2, 0) is 6.54 Å². The third-order valence-electron chi connectivity index (χ3n) is 3.40. The molecule has 90 valence electrons. The van der Waals surface area contributed by atoms with Crippen molar-refractivity contribution in [2.45, 2.75) is 52.0 Å². The molecule has 1 aromatic heterocycles. The van der Waals surface area contributed by atoms with Crippen molar-refractivity contribution in [1.29, 1.82) is 0 Å². The van der Waals surface area contributed by atoms with Crippen molar-refractivity contribution in [1.82, 2.24) is 20.1 Å². The molecule has 0 unspecified atom stereocenters. The van der Waals surface area contributed by atoms with Gasteiger partial charge in [0.1, 0.15) is 11.6 Å². The molecule has 0 aliphatic carbocycles. The topological polar surface area (TPSA) is 42.7 Å². The molecular formula is C12H22N4. The maximum absolute atomic E-state index is 4.38. The maximum atomic E-state index is 4.38. The Morgan fingerprint density at radius 1 is 1.31 bits per heavy atom. The van der Waals surface area contributed by atoms with Crippen molar-refractivity contribution in [2.24, 2.45) is 0 Å². The Morgan fingerprint density at radius 3 is 2.75 bits per heavy atom. The van der Waals surface area contributed by atoms with E-state index in [9.17, 15) is 0 Å². The fourth-order valence-corrected chi connectivity index (χ4v) is 2.37. The van der Waals surface area contributed by atoms with Gasteiger partial charge in [-0.1, -0.05) is 13.3 Å². The summed E-state index contributed by atoms with van der Waals surface area (Å²) in [5.41, 5.74) is 0. The summed E-state index contributed by atoms with van der Waals surface area (Å²) in [5, 5.41) is 12.0. The van der Waals surface area contributed by atoms with Crippen molar-refractivity contribution >= 4 is 0 Å². The average molecular weight is 222 g/mol. The van der Waals surface area contributed by atoms with Crippen LogP contribution in [-0.4, -0.2) is 27.9 Å². The highest BCUT2D eigenvalue weighted by Gasteiger charge is 2.21. The molecule has 2 rings (SSSR count). The quantitative estimate of drug-likeness (QED) is 0.845. The molecule has 0 radical (unpaired) electrons. The van der Waals surface area contributed by atoms with Gasteiger partial charge < -0.3 is 9.88 Å². The van der Waals surface area contributed by atoms with E-state index in [1.54, 1.807) is 0 Å². The normalized spacial score (nSPS) is 17.9. The summed E-state index contributed by atoms with van der Waals surface area (Å²) in [6.07, 6.45) is 4.84. The lowest BCUT2D eigenvalue weighted by Gasteiger charge is -2.22. The van der Waals surface area contributed by atoms with E-state index in [0.29, 0.717) is 5.92 Å². The zero-order valence-electron chi connectivity index (χ0n) is 10.4. The first-order chi connectivity index (χ1) is 7.83. The van der Waals surface area contributed by atoms with E-state index < -0.39 is 0 Å². The molecule has 1 aromatic rings. The molecule has 0 spiro atoms. The van der Waals surface area contributed by atoms with Gasteiger partial charge in [-0.25, -0.2) is 0 Å². The predicted octanol–water partition coefficient (Wildman–Crippen LogP) is 1.85. The van der Waals surface area contributed by atoms with Crippen LogP contribution in [0.3, 0.4) is 0 Å². The second kappa shape index (κ2) is 5.43. The number of hydrogen-bond acceptors (Lipinski definition) is 3. The summed E-state index contributed by atoms with van der Waals surface area (Å²) in [4.78, 5) is 0. The van der Waals surface area contributed by atoms with Crippen LogP contribution >= 0.6 is 0 Å². The van der Waals surface area contributed by atoms with Crippen molar-refractivity contribution < 1.29 is 0 Å². The van der Waals surface area contributed by atoms with Crippen LogP contribution < -0.4 is 5.32 Å². The summed E-state index contributed by atoms with van der Waals surface area (Å²) in [6.45, 7) is 7.60. The van der Waals surface area contributed by atoms with Crippen LogP contribution in [0.1, 0.15) is 50.2 Å². The number of hydrogen-bond donors (Lipinski definition) is 1. The van der Waals surface area contributed by atoms with Crippen LogP contribution in [0.5, 0.6) is 0 Å². The van der Waals surface area contributed by atoms with E-state index in [2.05, 4.69) is 33.9 Å². The van der Waals surface area contributed by atoms with E-state index in [0.717, 1.165) is 25.5 Å². The Hall–Kier alpha value is -0.900. The van der Waals surface area contributed by atoms with Gasteiger partial charge in [0.2, 0.25) is 0 Å². The maximum Gasteiger partial charge on any atom is 0.136 e. The monoisotopic (exact) mass is 222 g/mol. The number of nitrogens with zero attached hydrogens (tertiary/aromatic N) is 3. The lowest BCUT2D eigenvalue weighted by atomic mass is 9.97. The third kappa shape index (κ3) is 2.43. The number of aromatic nitrogens is 3. The Labute approximate surface area is 97.5 Å². The van der Waals surface area contributed by atoms with E-state index >= 15 is 0 Å². The van der Waals surface area contributed by atoms with Crippen LogP contribution in [0.15, 0.2) is 0 Å². The van der Waals surface area contributed by atoms with Crippen LogP contribution in [0, 0.1) is 6.92 Å². The van der Waals surface area contributed by atoms with Crippen molar-refractivity contribution in [2.75, 3.05) is 13.1 Å². The molecule has 2 heterocycles. The molecular weight excluding hydrogens is 200 g/mol. The molecule has 4 nitrogen and oxygen atoms in total. The molecule has 0 bridgehead atoms. The molecule has 1 N–H and O–H groups in total. The van der Waals surface area contributed by atoms with Gasteiger partial charge in [0, 0.05) is 12.5 Å². The van der Waals surface area contributed by atoms with Gasteiger partial charge in [-0.15, -0.1) is 10.2 Å². The fraction of sp³-hybridized carbons (Fsp3) is 0.833. The van der Waals surface area contributed by atoms with Crippen molar-refractivity contribution in [3.63, 3.8) is 0 Å². The molecule has 1 aliphatic heterocycles. The third-order valence-corrected chi connectivity index (χ3v) is 3.40. The number of rotatable bonds is 4. The minimum absolute atomic E-state index is 0.610. The first kappa shape index (κ1) is 11.6. The molecule has 1 saturated heterocycles. The number of aryl methyl sites for hydroxylation is 1. The molecule has 0 saturated carbocycles. The SMILES string of the molecule is CCCCn1c(C)nnc1C1CCNCC1. The second-order valence-corrected chi connectivity index (χ2v) is 4.63. The first-order valence-electron chi connectivity index (χ1n) is 6.43. The van der Waals surface area contributed by atoms with E-state index in [1.165, 1.54) is 31.5 Å². The summed E-state index contributed by atoms with van der Waals surface area (Å²) >= 11 is 0. The van der Waals surface area contributed by atoms with Crippen LogP contribution in [0.25, 0.3) is 0 Å². The second-order valence-electron chi connectivity index (χ2n) is 4.63. The zero-order chi connectivity index (χ0) is 11.4. The predicted molar refractivity (Wildman–Crippen MR) is 64.5 cm³/mol. The molecule has 16 heavy (non-hydrogen) atoms. The van der Waals surface area contributed by atoms with Gasteiger partial charge in [0.15, 0.2) is 0 Å². The molecule has 0 amide bonds. The summed E-state index contributed by atoms with van der Waals surface area (Å²) in [7, 11) is 0. The minimum Gasteiger partial charge on any atom is -0.317 e. The van der Waals surface area contributed by atoms with Gasteiger partial charge in [-0.2, -0.15) is 0 Å². The first-order valence-corrected chi connectivity index (χ1v) is 6.43. The Balaban J connectivity index is 2.12. The van der Waals surface area contributed by atoms with Crippen LogP contribution in [0.4, 0.5) is 0 Å². The van der Waals surface area contributed by atoms with E-state index in [4.69, 9.17) is 0 Å². The van der Waals surface area contributed by atoms with Gasteiger partial charge in [0.25, 0.3) is 0 Å². The van der Waals surface area contributed by atoms with Gasteiger partial charge >= 0.3 is 0 Å². The number of piperidine rings is 1. The zero-order valence-corrected chi connectivity index (χ0v) is 10.4. The number of nitrogens with one attached hydrogen (secondary N) is 1. The van der Waals surface area contributed by atoms with Gasteiger partial charge in [0.05, 0.1) is 0 Å². The molecule has 4 heteroatoms. The van der Waals surface area contributed by atoms with Gasteiger partial charge in [-0.3, -0.25) is 0 Å². The Morgan fingerprint density at radius 2 is 2.06 bits per heavy atom. The largest absolute Gasteiger partial charge is 0.317 e. The Kier molecular flexibility index (Phi) is 3.93. The van der Waals surface area contributed by atoms with E-state index in [1.807, 2.05) is 0 Å². The number of unbranched alkanes of at least 4 members (excludes halogenated alkanes) is 1. The van der Waals surface area contributed by atoms with Crippen molar-refractivity contribution in [3.05, 3.63) is 11.6 Å². The van der Waals surface area contributed by atoms with Crippen LogP contribution in [0.2, 0.25) is 0 Å². The smallest absolute Gasteiger partial charge is 0.136 e. The average Bonchev–Trinajstić information content (AvgIpc) is 2.69. The standard InChI is InChI=1S/C12H22N4/c1-3-4-9-16-10(2)14-15-12(16)11-5-7-13-8-6-11/h11,13H,3-9H2,1-2H3. The Bertz CT molecular complexity index is 326. The lowest BCUT2D eigenvalue weighted by Crippen LogP contribution is -2.28. The highest BCUT2D eigenvalue weighted by molar-refractivity contribution is 5.02. The molecule has 0 atom stereocenters. The molecule has 0 aromatic carbocycles. The van der Waals surface area contributed by atoms with E-state index in [-0.39, 0.29) is 0 Å². The summed E-state index contributed by atoms with van der Waals surface area (Å²) in [6, 6.07) is 0. The fourth-order valence-electron chi connectivity index (χ4n) is 2.37. The summed E-state index contributed by atoms with van der Waals surface area (Å²) < 4.78 is 2.32. The van der Waals surface area contributed by atoms with Crippen molar-refractivity contribution in [3.8, 4) is 0 Å².